The van der Waals surface area contributed by atoms with Gasteiger partial charge in [-0.3, -0.25) is 0 Å². The zero-order valence-electron chi connectivity index (χ0n) is 12.4. The van der Waals surface area contributed by atoms with Crippen molar-refractivity contribution in [2.45, 2.75) is 38.6 Å². The first kappa shape index (κ1) is 17.6. The molecule has 0 aliphatic carbocycles. The van der Waals surface area contributed by atoms with Gasteiger partial charge in [0, 0.05) is 24.9 Å². The van der Waals surface area contributed by atoms with E-state index in [-0.39, 0.29) is 5.82 Å². The zero-order valence-corrected chi connectivity index (χ0v) is 12.4. The highest BCUT2D eigenvalue weighted by Crippen LogP contribution is 2.24. The lowest BCUT2D eigenvalue weighted by atomic mass is 9.93. The van der Waals surface area contributed by atoms with Crippen molar-refractivity contribution in [3.05, 3.63) is 64.5 Å². The summed E-state index contributed by atoms with van der Waals surface area (Å²) in [5.41, 5.74) is 1.21. The maximum absolute atomic E-state index is 13.0. The van der Waals surface area contributed by atoms with Gasteiger partial charge in [-0.2, -0.15) is 0 Å². The van der Waals surface area contributed by atoms with Gasteiger partial charge < -0.3 is 9.77 Å². The van der Waals surface area contributed by atoms with Gasteiger partial charge in [-0.05, 0) is 24.1 Å². The van der Waals surface area contributed by atoms with Crippen LogP contribution >= 0.6 is 0 Å². The first-order valence-corrected chi connectivity index (χ1v) is 7.07. The fourth-order valence-electron chi connectivity index (χ4n) is 2.20. The van der Waals surface area contributed by atoms with Gasteiger partial charge in [-0.25, -0.2) is 9.37 Å². The molecule has 120 valence electrons. The first-order valence-electron chi connectivity index (χ1n) is 7.07. The summed E-state index contributed by atoms with van der Waals surface area (Å²) in [6.07, 6.45) is 9.10. The van der Waals surface area contributed by atoms with E-state index in [0.29, 0.717) is 5.92 Å². The van der Waals surface area contributed by atoms with Crippen molar-refractivity contribution in [3.63, 3.8) is 0 Å². The van der Waals surface area contributed by atoms with Crippen molar-refractivity contribution in [2.75, 3.05) is 0 Å². The normalized spacial score (nSPS) is 11.4. The average Bonchev–Trinajstić information content (AvgIpc) is 2.97. The third-order valence-corrected chi connectivity index (χ3v) is 3.24. The van der Waals surface area contributed by atoms with Crippen LogP contribution < -0.4 is 0 Å². The number of rotatable bonds is 6. The van der Waals surface area contributed by atoms with Crippen LogP contribution in [0.2, 0.25) is 0 Å². The van der Waals surface area contributed by atoms with Crippen LogP contribution in [0.3, 0.4) is 0 Å². The summed E-state index contributed by atoms with van der Waals surface area (Å²) in [7, 11) is 0. The molecular weight excluding hydrogens is 289 g/mol. The van der Waals surface area contributed by atoms with Gasteiger partial charge in [-0.1, -0.05) is 31.9 Å². The largest absolute Gasteiger partial charge is 0.337 e. The van der Waals surface area contributed by atoms with Gasteiger partial charge in [0.25, 0.3) is 5.09 Å². The van der Waals surface area contributed by atoms with E-state index in [9.17, 15) is 4.39 Å². The number of aromatic nitrogens is 2. The van der Waals surface area contributed by atoms with Crippen molar-refractivity contribution in [1.29, 1.82) is 0 Å². The molecule has 2 rings (SSSR count). The Kier molecular flexibility index (Phi) is 7.60. The number of benzene rings is 1. The van der Waals surface area contributed by atoms with E-state index in [1.54, 1.807) is 18.3 Å². The maximum Gasteiger partial charge on any atom is 0.291 e. The molecule has 2 aromatic rings. The molecule has 1 atom stereocenters. The van der Waals surface area contributed by atoms with Crippen LogP contribution in [0.4, 0.5) is 4.39 Å². The van der Waals surface area contributed by atoms with Crippen LogP contribution in [0.5, 0.6) is 0 Å². The van der Waals surface area contributed by atoms with E-state index >= 15 is 0 Å². The molecule has 22 heavy (non-hydrogen) atoms. The monoisotopic (exact) mass is 309 g/mol. The molecule has 0 amide bonds. The molecule has 0 bridgehead atoms. The Morgan fingerprint density at radius 1 is 1.41 bits per heavy atom. The lowest BCUT2D eigenvalue weighted by Crippen LogP contribution is -2.08. The minimum absolute atomic E-state index is 0.171. The number of nitrogens with zero attached hydrogens (tertiary/aromatic N) is 3. The van der Waals surface area contributed by atoms with Crippen molar-refractivity contribution in [1.82, 2.24) is 9.55 Å². The SMILES string of the molecule is CCCCC(Cn1ccnc1)c1ccc(F)cc1.O=[N+]([O-])O. The van der Waals surface area contributed by atoms with Crippen LogP contribution in [0.25, 0.3) is 0 Å². The van der Waals surface area contributed by atoms with Gasteiger partial charge in [0.15, 0.2) is 0 Å². The van der Waals surface area contributed by atoms with E-state index in [1.165, 1.54) is 18.4 Å². The van der Waals surface area contributed by atoms with Gasteiger partial charge in [0.05, 0.1) is 6.33 Å². The highest BCUT2D eigenvalue weighted by atomic mass is 19.1. The molecule has 1 aromatic heterocycles. The Hall–Kier alpha value is -2.44. The average molecular weight is 309 g/mol. The Morgan fingerprint density at radius 2 is 2.05 bits per heavy atom. The highest BCUT2D eigenvalue weighted by Gasteiger charge is 2.11. The topological polar surface area (TPSA) is 81.2 Å². The second-order valence-corrected chi connectivity index (χ2v) is 4.89. The van der Waals surface area contributed by atoms with Crippen molar-refractivity contribution in [3.8, 4) is 0 Å². The minimum Gasteiger partial charge on any atom is -0.337 e. The summed E-state index contributed by atoms with van der Waals surface area (Å²) in [5, 5.41) is 13.6. The maximum atomic E-state index is 13.0. The standard InChI is InChI=1S/C15H19FN2.HNO3/c1-2-3-4-14(11-18-10-9-17-12-18)13-5-7-15(16)8-6-13;2-1(3)4/h5-10,12,14H,2-4,11H2,1H3;(H,2,3,4). The summed E-state index contributed by atoms with van der Waals surface area (Å²) in [5.74, 6) is 0.260. The zero-order chi connectivity index (χ0) is 16.4. The number of hydrogen-bond acceptors (Lipinski definition) is 3. The van der Waals surface area contributed by atoms with Crippen LogP contribution in [-0.2, 0) is 6.54 Å². The first-order chi connectivity index (χ1) is 10.5. The van der Waals surface area contributed by atoms with Crippen LogP contribution in [0.15, 0.2) is 43.0 Å². The minimum atomic E-state index is -1.50. The van der Waals surface area contributed by atoms with Gasteiger partial charge in [0.2, 0.25) is 0 Å². The lowest BCUT2D eigenvalue weighted by Gasteiger charge is -2.17. The van der Waals surface area contributed by atoms with Crippen LogP contribution in [0, 0.1) is 15.9 Å². The smallest absolute Gasteiger partial charge is 0.291 e. The van der Waals surface area contributed by atoms with Crippen molar-refractivity contribution < 1.29 is 14.7 Å². The Labute approximate surface area is 128 Å². The van der Waals surface area contributed by atoms with E-state index in [2.05, 4.69) is 16.5 Å². The van der Waals surface area contributed by atoms with E-state index in [1.807, 2.05) is 24.7 Å². The Bertz CT molecular complexity index is 540. The van der Waals surface area contributed by atoms with Crippen molar-refractivity contribution >= 4 is 0 Å². The second kappa shape index (κ2) is 9.49. The fourth-order valence-corrected chi connectivity index (χ4v) is 2.20. The van der Waals surface area contributed by atoms with Crippen LogP contribution in [-0.4, -0.2) is 19.8 Å². The highest BCUT2D eigenvalue weighted by molar-refractivity contribution is 5.20. The number of hydrogen-bond donors (Lipinski definition) is 1. The predicted molar refractivity (Wildman–Crippen MR) is 79.7 cm³/mol. The predicted octanol–water partition coefficient (Wildman–Crippen LogP) is 3.65. The third kappa shape index (κ3) is 6.83. The summed E-state index contributed by atoms with van der Waals surface area (Å²) in [4.78, 5) is 12.4. The number of imidazole rings is 1. The van der Waals surface area contributed by atoms with Crippen molar-refractivity contribution in [2.24, 2.45) is 0 Å². The molecular formula is C15H20FN3O3. The molecule has 1 unspecified atom stereocenters. The fraction of sp³-hybridized carbons (Fsp3) is 0.400. The van der Waals surface area contributed by atoms with Gasteiger partial charge in [0.1, 0.15) is 5.82 Å². The molecule has 0 saturated heterocycles. The van der Waals surface area contributed by atoms with E-state index in [4.69, 9.17) is 15.3 Å². The molecule has 0 spiro atoms. The molecule has 0 aliphatic rings. The Balaban J connectivity index is 0.000000541. The molecule has 0 aliphatic heterocycles. The molecule has 0 fully saturated rings. The second-order valence-electron chi connectivity index (χ2n) is 4.89. The van der Waals surface area contributed by atoms with Gasteiger partial charge in [-0.15, -0.1) is 10.1 Å². The third-order valence-electron chi connectivity index (χ3n) is 3.24. The van der Waals surface area contributed by atoms with Crippen LogP contribution in [0.1, 0.15) is 37.7 Å². The van der Waals surface area contributed by atoms with E-state index < -0.39 is 5.09 Å². The summed E-state index contributed by atoms with van der Waals surface area (Å²) >= 11 is 0. The summed E-state index contributed by atoms with van der Waals surface area (Å²) in [6.45, 7) is 3.10. The van der Waals surface area contributed by atoms with E-state index in [0.717, 1.165) is 13.0 Å². The van der Waals surface area contributed by atoms with Gasteiger partial charge >= 0.3 is 0 Å². The molecule has 1 heterocycles. The molecule has 6 nitrogen and oxygen atoms in total. The summed E-state index contributed by atoms with van der Waals surface area (Å²) in [6, 6.07) is 6.88. The molecule has 0 saturated carbocycles. The number of unbranched alkanes of at least 4 members (excludes halogenated alkanes) is 1. The quantitative estimate of drug-likeness (QED) is 0.652. The molecule has 1 aromatic carbocycles. The molecule has 0 radical (unpaired) electrons. The Morgan fingerprint density at radius 3 is 2.55 bits per heavy atom. The molecule has 7 heteroatoms. The summed E-state index contributed by atoms with van der Waals surface area (Å²) < 4.78 is 15.1. The number of halogens is 1. The molecule has 1 N–H and O–H groups in total. The lowest BCUT2D eigenvalue weighted by molar-refractivity contribution is -0.742.